The van der Waals surface area contributed by atoms with Gasteiger partial charge in [0.25, 0.3) is 0 Å². The lowest BCUT2D eigenvalue weighted by atomic mass is 10.0. The van der Waals surface area contributed by atoms with Gasteiger partial charge in [0.05, 0.1) is 25.4 Å². The SMILES string of the molecule is CCC/C=C\C/C=C\CCCCCCCC(=O)OCCCCC/C=C\C=C/CCCCCCCCCCCCC(=O)NC(CO)C(O)CCCCCCCCCCCCCCCCCCCCCC. The molecule has 0 aliphatic carbocycles. The van der Waals surface area contributed by atoms with Gasteiger partial charge in [-0.3, -0.25) is 9.59 Å². The zero-order valence-corrected chi connectivity index (χ0v) is 46.0. The fourth-order valence-corrected chi connectivity index (χ4v) is 9.20. The third-order valence-corrected chi connectivity index (χ3v) is 13.9. The zero-order chi connectivity index (χ0) is 50.0. The van der Waals surface area contributed by atoms with Crippen LogP contribution < -0.4 is 5.32 Å². The fraction of sp³-hybridized carbons (Fsp3) is 0.841. The molecule has 2 atom stereocenters. The second-order valence-electron chi connectivity index (χ2n) is 20.7. The van der Waals surface area contributed by atoms with Gasteiger partial charge in [0, 0.05) is 12.8 Å². The molecule has 404 valence electrons. The summed E-state index contributed by atoms with van der Waals surface area (Å²) in [7, 11) is 0. The van der Waals surface area contributed by atoms with Crippen molar-refractivity contribution in [3.63, 3.8) is 0 Å². The van der Waals surface area contributed by atoms with E-state index in [1.165, 1.54) is 199 Å². The molecule has 0 saturated carbocycles. The van der Waals surface area contributed by atoms with Crippen molar-refractivity contribution >= 4 is 11.9 Å². The Hall–Kier alpha value is -2.18. The topological polar surface area (TPSA) is 95.9 Å². The molecule has 0 fully saturated rings. The molecule has 0 aromatic heterocycles. The van der Waals surface area contributed by atoms with E-state index < -0.39 is 12.1 Å². The van der Waals surface area contributed by atoms with Gasteiger partial charge in [0.15, 0.2) is 0 Å². The first-order chi connectivity index (χ1) is 34.0. The highest BCUT2D eigenvalue weighted by atomic mass is 16.5. The lowest BCUT2D eigenvalue weighted by Crippen LogP contribution is -2.45. The van der Waals surface area contributed by atoms with Crippen LogP contribution in [0.2, 0.25) is 0 Å². The Labute approximate surface area is 429 Å². The summed E-state index contributed by atoms with van der Waals surface area (Å²) in [6.45, 7) is 4.85. The van der Waals surface area contributed by atoms with Crippen molar-refractivity contribution in [3.8, 4) is 0 Å². The van der Waals surface area contributed by atoms with Crippen LogP contribution in [-0.2, 0) is 14.3 Å². The van der Waals surface area contributed by atoms with Gasteiger partial charge in [0.1, 0.15) is 0 Å². The lowest BCUT2D eigenvalue weighted by Gasteiger charge is -2.22. The molecule has 0 aromatic rings. The molecule has 3 N–H and O–H groups in total. The molecular weight excluding hydrogens is 851 g/mol. The third-order valence-electron chi connectivity index (χ3n) is 13.9. The van der Waals surface area contributed by atoms with Crippen molar-refractivity contribution in [2.24, 2.45) is 0 Å². The van der Waals surface area contributed by atoms with Crippen LogP contribution in [0, 0.1) is 0 Å². The lowest BCUT2D eigenvalue weighted by molar-refractivity contribution is -0.143. The highest BCUT2D eigenvalue weighted by molar-refractivity contribution is 5.76. The summed E-state index contributed by atoms with van der Waals surface area (Å²) in [5.41, 5.74) is 0. The number of aliphatic hydroxyl groups is 2. The standard InChI is InChI=1S/C63H117NO5/c1-3-5-7-9-11-13-15-17-18-19-20-22-25-28-32-35-39-43-47-51-55-61(66)60(59-65)64-62(67)56-52-48-44-40-36-33-29-26-23-21-24-27-30-34-38-42-46-50-54-58-69-63(68)57-53-49-45-41-37-31-16-14-12-10-8-6-4-2/h8,10,14,16,27,30,34,38,60-61,65-66H,3-7,9,11-13,15,17-26,28-29,31-33,35-37,39-59H2,1-2H3,(H,64,67)/b10-8-,16-14-,30-27-,38-34-. The number of esters is 1. The Morgan fingerprint density at radius 3 is 1.25 bits per heavy atom. The molecule has 0 rings (SSSR count). The van der Waals surface area contributed by atoms with E-state index in [9.17, 15) is 19.8 Å². The highest BCUT2D eigenvalue weighted by Crippen LogP contribution is 2.17. The number of hydrogen-bond donors (Lipinski definition) is 3. The van der Waals surface area contributed by atoms with Crippen LogP contribution in [0.15, 0.2) is 48.6 Å². The van der Waals surface area contributed by atoms with Crippen molar-refractivity contribution in [1.29, 1.82) is 0 Å². The maximum absolute atomic E-state index is 12.5. The number of allylic oxidation sites excluding steroid dienone is 8. The smallest absolute Gasteiger partial charge is 0.305 e. The number of carbonyl (C=O) groups excluding carboxylic acids is 2. The number of hydrogen-bond acceptors (Lipinski definition) is 5. The maximum atomic E-state index is 12.5. The van der Waals surface area contributed by atoms with E-state index in [-0.39, 0.29) is 18.5 Å². The van der Waals surface area contributed by atoms with Crippen molar-refractivity contribution in [2.75, 3.05) is 13.2 Å². The Morgan fingerprint density at radius 2 is 0.797 bits per heavy atom. The van der Waals surface area contributed by atoms with Gasteiger partial charge in [-0.15, -0.1) is 0 Å². The molecule has 0 aliphatic heterocycles. The van der Waals surface area contributed by atoms with Crippen molar-refractivity contribution in [3.05, 3.63) is 48.6 Å². The Morgan fingerprint density at radius 1 is 0.420 bits per heavy atom. The molecule has 0 bridgehead atoms. The summed E-state index contributed by atoms with van der Waals surface area (Å²) in [6, 6.07) is -0.551. The van der Waals surface area contributed by atoms with Crippen molar-refractivity contribution < 1.29 is 24.5 Å². The van der Waals surface area contributed by atoms with Crippen LogP contribution >= 0.6 is 0 Å². The normalized spacial score (nSPS) is 12.9. The average molecular weight is 969 g/mol. The summed E-state index contributed by atoms with van der Waals surface area (Å²) in [5.74, 6) is -0.0722. The first-order valence-corrected chi connectivity index (χ1v) is 30.4. The maximum Gasteiger partial charge on any atom is 0.305 e. The molecular formula is C63H117NO5. The van der Waals surface area contributed by atoms with Gasteiger partial charge in [0.2, 0.25) is 5.91 Å². The molecule has 0 spiro atoms. The summed E-state index contributed by atoms with van der Waals surface area (Å²) in [4.78, 5) is 24.5. The van der Waals surface area contributed by atoms with Crippen LogP contribution in [0.5, 0.6) is 0 Å². The van der Waals surface area contributed by atoms with Crippen LogP contribution in [0.25, 0.3) is 0 Å². The van der Waals surface area contributed by atoms with Gasteiger partial charge in [-0.25, -0.2) is 0 Å². The van der Waals surface area contributed by atoms with E-state index in [1.807, 2.05) is 0 Å². The Bertz CT molecular complexity index is 1160. The number of amides is 1. The second-order valence-corrected chi connectivity index (χ2v) is 20.7. The zero-order valence-electron chi connectivity index (χ0n) is 46.0. The molecule has 0 aliphatic rings. The summed E-state index contributed by atoms with van der Waals surface area (Å²) in [6.07, 6.45) is 74.0. The first kappa shape index (κ1) is 66.8. The van der Waals surface area contributed by atoms with E-state index in [1.54, 1.807) is 0 Å². The molecule has 0 saturated heterocycles. The molecule has 0 heterocycles. The minimum absolute atomic E-state index is 0.0288. The molecule has 6 heteroatoms. The molecule has 2 unspecified atom stereocenters. The number of unbranched alkanes of at least 4 members (excludes halogenated alkanes) is 38. The van der Waals surface area contributed by atoms with Gasteiger partial charge in [-0.1, -0.05) is 268 Å². The summed E-state index contributed by atoms with van der Waals surface area (Å²) in [5, 5.41) is 23.3. The van der Waals surface area contributed by atoms with Crippen LogP contribution in [0.1, 0.15) is 316 Å². The van der Waals surface area contributed by atoms with Crippen LogP contribution in [0.3, 0.4) is 0 Å². The van der Waals surface area contributed by atoms with Crippen LogP contribution in [0.4, 0.5) is 0 Å². The summed E-state index contributed by atoms with van der Waals surface area (Å²) < 4.78 is 5.44. The van der Waals surface area contributed by atoms with Crippen molar-refractivity contribution in [1.82, 2.24) is 5.32 Å². The number of ether oxygens (including phenoxy) is 1. The molecule has 1 amide bonds. The van der Waals surface area contributed by atoms with Crippen molar-refractivity contribution in [2.45, 2.75) is 328 Å². The fourth-order valence-electron chi connectivity index (χ4n) is 9.20. The molecule has 0 radical (unpaired) electrons. The molecule has 69 heavy (non-hydrogen) atoms. The Balaban J connectivity index is 3.49. The van der Waals surface area contributed by atoms with E-state index >= 15 is 0 Å². The Kier molecular flexibility index (Phi) is 56.5. The number of rotatable bonds is 56. The summed E-state index contributed by atoms with van der Waals surface area (Å²) >= 11 is 0. The quantitative estimate of drug-likeness (QED) is 0.0244. The van der Waals surface area contributed by atoms with E-state index in [0.717, 1.165) is 83.5 Å². The minimum atomic E-state index is -0.673. The molecule has 6 nitrogen and oxygen atoms in total. The van der Waals surface area contributed by atoms with Gasteiger partial charge in [-0.05, 0) is 83.5 Å². The predicted octanol–water partition coefficient (Wildman–Crippen LogP) is 19.0. The average Bonchev–Trinajstić information content (AvgIpc) is 3.35. The van der Waals surface area contributed by atoms with E-state index in [2.05, 4.69) is 67.8 Å². The minimum Gasteiger partial charge on any atom is -0.466 e. The van der Waals surface area contributed by atoms with E-state index in [4.69, 9.17) is 4.74 Å². The number of nitrogens with one attached hydrogen (secondary N) is 1. The number of carbonyl (C=O) groups is 2. The van der Waals surface area contributed by atoms with Gasteiger partial charge in [-0.2, -0.15) is 0 Å². The molecule has 0 aromatic carbocycles. The van der Waals surface area contributed by atoms with Gasteiger partial charge < -0.3 is 20.3 Å². The third kappa shape index (κ3) is 55.0. The van der Waals surface area contributed by atoms with Gasteiger partial charge >= 0.3 is 5.97 Å². The number of aliphatic hydroxyl groups excluding tert-OH is 2. The largest absolute Gasteiger partial charge is 0.466 e. The predicted molar refractivity (Wildman–Crippen MR) is 301 cm³/mol. The monoisotopic (exact) mass is 968 g/mol. The highest BCUT2D eigenvalue weighted by Gasteiger charge is 2.20. The first-order valence-electron chi connectivity index (χ1n) is 30.4. The second kappa shape index (κ2) is 58.4. The van der Waals surface area contributed by atoms with Crippen LogP contribution in [-0.4, -0.2) is 47.4 Å². The van der Waals surface area contributed by atoms with E-state index in [0.29, 0.717) is 25.9 Å².